The molecule has 1 aromatic rings. The molecule has 1 unspecified atom stereocenters. The second-order valence-electron chi connectivity index (χ2n) is 3.11. The minimum Gasteiger partial charge on any atom is -0.324 e. The molecule has 0 saturated carbocycles. The summed E-state index contributed by atoms with van der Waals surface area (Å²) in [5, 5.41) is 12.4. The Bertz CT molecular complexity index is 422. The van der Waals surface area contributed by atoms with Crippen molar-refractivity contribution in [2.75, 3.05) is 11.9 Å². The van der Waals surface area contributed by atoms with Gasteiger partial charge in [0.05, 0.1) is 5.69 Å². The minimum absolute atomic E-state index is 0.296. The number of nitrogens with one attached hydrogen (secondary N) is 1. The van der Waals surface area contributed by atoms with E-state index in [1.807, 2.05) is 18.2 Å². The summed E-state index contributed by atoms with van der Waals surface area (Å²) in [5.74, 6) is -0.296. The van der Waals surface area contributed by atoms with Gasteiger partial charge in [0.1, 0.15) is 0 Å². The molecule has 1 amide bonds. The zero-order valence-electron chi connectivity index (χ0n) is 7.67. The second kappa shape index (κ2) is 3.90. The third-order valence-electron chi connectivity index (χ3n) is 2.02. The predicted molar refractivity (Wildman–Crippen MR) is 56.6 cm³/mol. The van der Waals surface area contributed by atoms with Crippen LogP contribution in [-0.2, 0) is 4.79 Å². The summed E-state index contributed by atoms with van der Waals surface area (Å²) in [4.78, 5) is 22.2. The van der Waals surface area contributed by atoms with Crippen LogP contribution in [0, 0.1) is 10.1 Å². The first-order chi connectivity index (χ1) is 7.16. The van der Waals surface area contributed by atoms with Crippen LogP contribution < -0.4 is 5.32 Å². The molecule has 1 aromatic carbocycles. The van der Waals surface area contributed by atoms with E-state index in [-0.39, 0.29) is 12.5 Å². The van der Waals surface area contributed by atoms with Gasteiger partial charge in [0, 0.05) is 9.82 Å². The average molecular weight is 224 g/mol. The highest BCUT2D eigenvalue weighted by atomic mass is 32.2. The molecule has 15 heavy (non-hydrogen) atoms. The molecule has 1 atom stereocenters. The number of nitro groups is 1. The molecule has 6 heteroatoms. The van der Waals surface area contributed by atoms with E-state index in [9.17, 15) is 14.9 Å². The summed E-state index contributed by atoms with van der Waals surface area (Å²) in [6, 6.07) is 7.27. The lowest BCUT2D eigenvalue weighted by Gasteiger charge is -2.21. The van der Waals surface area contributed by atoms with E-state index >= 15 is 0 Å². The summed E-state index contributed by atoms with van der Waals surface area (Å²) < 4.78 is 0. The molecule has 78 valence electrons. The molecule has 0 bridgehead atoms. The SMILES string of the molecule is O=C1Nc2ccccc2SC1C[N+](=O)[O-]. The lowest BCUT2D eigenvalue weighted by atomic mass is 10.3. The predicted octanol–water partition coefficient (Wildman–Crippen LogP) is 1.38. The monoisotopic (exact) mass is 224 g/mol. The second-order valence-corrected chi connectivity index (χ2v) is 4.35. The van der Waals surface area contributed by atoms with Gasteiger partial charge in [-0.1, -0.05) is 12.1 Å². The third kappa shape index (κ3) is 2.10. The highest BCUT2D eigenvalue weighted by molar-refractivity contribution is 8.01. The van der Waals surface area contributed by atoms with Crippen molar-refractivity contribution in [1.29, 1.82) is 0 Å². The molecular formula is C9H8N2O3S. The molecule has 5 nitrogen and oxygen atoms in total. The van der Waals surface area contributed by atoms with Crippen molar-refractivity contribution in [2.45, 2.75) is 10.1 Å². The maximum Gasteiger partial charge on any atom is 0.244 e. The van der Waals surface area contributed by atoms with Crippen molar-refractivity contribution in [3.8, 4) is 0 Å². The van der Waals surface area contributed by atoms with Gasteiger partial charge in [-0.05, 0) is 12.1 Å². The van der Waals surface area contributed by atoms with Crippen molar-refractivity contribution >= 4 is 23.4 Å². The fourth-order valence-electron chi connectivity index (χ4n) is 1.35. The smallest absolute Gasteiger partial charge is 0.244 e. The molecule has 1 heterocycles. The van der Waals surface area contributed by atoms with Crippen LogP contribution in [0.25, 0.3) is 0 Å². The molecule has 1 N–H and O–H groups in total. The summed E-state index contributed by atoms with van der Waals surface area (Å²) in [6.45, 7) is -0.342. The number of para-hydroxylation sites is 1. The number of nitrogens with zero attached hydrogens (tertiary/aromatic N) is 1. The average Bonchev–Trinajstić information content (AvgIpc) is 2.18. The number of rotatable bonds is 2. The first kappa shape index (κ1) is 9.97. The number of carbonyl (C=O) groups excluding carboxylic acids is 1. The highest BCUT2D eigenvalue weighted by Crippen LogP contribution is 2.35. The highest BCUT2D eigenvalue weighted by Gasteiger charge is 2.30. The molecule has 0 aromatic heterocycles. The van der Waals surface area contributed by atoms with Gasteiger partial charge in [-0.2, -0.15) is 0 Å². The van der Waals surface area contributed by atoms with Crippen molar-refractivity contribution in [2.24, 2.45) is 0 Å². The summed E-state index contributed by atoms with van der Waals surface area (Å²) in [7, 11) is 0. The summed E-state index contributed by atoms with van der Waals surface area (Å²) in [5.41, 5.74) is 0.729. The van der Waals surface area contributed by atoms with Crippen LogP contribution in [0.1, 0.15) is 0 Å². The van der Waals surface area contributed by atoms with Gasteiger partial charge in [-0.15, -0.1) is 11.8 Å². The van der Waals surface area contributed by atoms with Gasteiger partial charge in [0.15, 0.2) is 5.25 Å². The zero-order chi connectivity index (χ0) is 10.8. The number of hydrogen-bond acceptors (Lipinski definition) is 4. The maximum absolute atomic E-state index is 11.5. The number of benzene rings is 1. The lowest BCUT2D eigenvalue weighted by Crippen LogP contribution is -2.34. The lowest BCUT2D eigenvalue weighted by molar-refractivity contribution is -0.477. The Morgan fingerprint density at radius 3 is 2.93 bits per heavy atom. The van der Waals surface area contributed by atoms with Gasteiger partial charge in [-0.25, -0.2) is 0 Å². The Morgan fingerprint density at radius 2 is 2.20 bits per heavy atom. The fraction of sp³-hybridized carbons (Fsp3) is 0.222. The first-order valence-corrected chi connectivity index (χ1v) is 5.23. The van der Waals surface area contributed by atoms with E-state index in [2.05, 4.69) is 5.32 Å². The van der Waals surface area contributed by atoms with E-state index in [4.69, 9.17) is 0 Å². The van der Waals surface area contributed by atoms with Crippen LogP contribution in [0.5, 0.6) is 0 Å². The van der Waals surface area contributed by atoms with Gasteiger partial charge in [0.25, 0.3) is 0 Å². The number of hydrogen-bond donors (Lipinski definition) is 1. The van der Waals surface area contributed by atoms with Crippen LogP contribution in [0.4, 0.5) is 5.69 Å². The number of thioether (sulfide) groups is 1. The quantitative estimate of drug-likeness (QED) is 0.608. The molecular weight excluding hydrogens is 216 g/mol. The topological polar surface area (TPSA) is 72.2 Å². The molecule has 0 aliphatic carbocycles. The minimum atomic E-state index is -0.630. The van der Waals surface area contributed by atoms with Gasteiger partial charge in [-0.3, -0.25) is 14.9 Å². The van der Waals surface area contributed by atoms with E-state index in [0.29, 0.717) is 0 Å². The Morgan fingerprint density at radius 1 is 1.47 bits per heavy atom. The Hall–Kier alpha value is -1.56. The van der Waals surface area contributed by atoms with Gasteiger partial charge < -0.3 is 5.32 Å². The molecule has 0 radical (unpaired) electrons. The largest absolute Gasteiger partial charge is 0.324 e. The molecule has 0 spiro atoms. The van der Waals surface area contributed by atoms with E-state index in [1.165, 1.54) is 11.8 Å². The maximum atomic E-state index is 11.5. The van der Waals surface area contributed by atoms with Crippen LogP contribution in [0.2, 0.25) is 0 Å². The fourth-order valence-corrected chi connectivity index (χ4v) is 2.42. The van der Waals surface area contributed by atoms with Gasteiger partial charge in [0.2, 0.25) is 12.5 Å². The van der Waals surface area contributed by atoms with Crippen molar-refractivity contribution in [3.63, 3.8) is 0 Å². The van der Waals surface area contributed by atoms with Crippen LogP contribution >= 0.6 is 11.8 Å². The molecule has 1 aliphatic heterocycles. The van der Waals surface area contributed by atoms with Crippen LogP contribution in [-0.4, -0.2) is 22.6 Å². The van der Waals surface area contributed by atoms with E-state index in [0.717, 1.165) is 10.6 Å². The standard InChI is InChI=1S/C9H8N2O3S/c12-9-8(5-11(13)14)15-7-4-2-1-3-6(7)10-9/h1-4,8H,5H2,(H,10,12). The zero-order valence-corrected chi connectivity index (χ0v) is 8.49. The van der Waals surface area contributed by atoms with E-state index < -0.39 is 10.2 Å². The Kier molecular flexibility index (Phi) is 2.59. The Labute approximate surface area is 90.0 Å². The van der Waals surface area contributed by atoms with Crippen LogP contribution in [0.3, 0.4) is 0 Å². The molecule has 0 saturated heterocycles. The first-order valence-electron chi connectivity index (χ1n) is 4.35. The molecule has 0 fully saturated rings. The molecule has 1 aliphatic rings. The van der Waals surface area contributed by atoms with E-state index in [1.54, 1.807) is 6.07 Å². The molecule has 2 rings (SSSR count). The number of carbonyl (C=O) groups is 1. The summed E-state index contributed by atoms with van der Waals surface area (Å²) >= 11 is 1.24. The number of fused-ring (bicyclic) bond motifs is 1. The Balaban J connectivity index is 2.22. The van der Waals surface area contributed by atoms with Crippen molar-refractivity contribution in [1.82, 2.24) is 0 Å². The number of amides is 1. The normalized spacial score (nSPS) is 19.2. The van der Waals surface area contributed by atoms with Gasteiger partial charge >= 0.3 is 0 Å². The summed E-state index contributed by atoms with van der Waals surface area (Å²) in [6.07, 6.45) is 0. The third-order valence-corrected chi connectivity index (χ3v) is 3.28. The van der Waals surface area contributed by atoms with Crippen LogP contribution in [0.15, 0.2) is 29.2 Å². The number of anilines is 1. The van der Waals surface area contributed by atoms with Crippen molar-refractivity contribution < 1.29 is 9.72 Å². The van der Waals surface area contributed by atoms with Crippen molar-refractivity contribution in [3.05, 3.63) is 34.4 Å².